The highest BCUT2D eigenvalue weighted by Crippen LogP contribution is 1.88. The number of carbonyl (C=O) groups is 3. The summed E-state index contributed by atoms with van der Waals surface area (Å²) < 4.78 is 0. The lowest BCUT2D eigenvalue weighted by molar-refractivity contribution is -0.146. The molecule has 110 valence electrons. The first-order valence-electron chi connectivity index (χ1n) is 6.02. The van der Waals surface area contributed by atoms with Gasteiger partial charge in [-0.1, -0.05) is 13.8 Å². The number of urea groups is 1. The zero-order valence-corrected chi connectivity index (χ0v) is 11.1. The summed E-state index contributed by atoms with van der Waals surface area (Å²) in [5.74, 6) is -1.22. The Morgan fingerprint density at radius 1 is 1.05 bits per heavy atom. The molecule has 3 amide bonds. The van der Waals surface area contributed by atoms with Crippen LogP contribution in [0.2, 0.25) is 0 Å². The Kier molecular flexibility index (Phi) is 8.27. The number of nitrogens with one attached hydrogen (secondary N) is 3. The van der Waals surface area contributed by atoms with Crippen LogP contribution < -0.4 is 16.0 Å². The van der Waals surface area contributed by atoms with Gasteiger partial charge in [0.2, 0.25) is 5.91 Å². The second kappa shape index (κ2) is 9.15. The molecule has 8 heteroatoms. The van der Waals surface area contributed by atoms with Crippen molar-refractivity contribution in [3.05, 3.63) is 0 Å². The fraction of sp³-hybridized carbons (Fsp3) is 0.727. The van der Waals surface area contributed by atoms with E-state index in [2.05, 4.69) is 16.0 Å². The predicted molar refractivity (Wildman–Crippen MR) is 67.5 cm³/mol. The molecule has 0 aromatic rings. The van der Waals surface area contributed by atoms with E-state index in [0.29, 0.717) is 12.5 Å². The van der Waals surface area contributed by atoms with Crippen molar-refractivity contribution in [2.45, 2.75) is 26.4 Å². The van der Waals surface area contributed by atoms with Crippen LogP contribution in [0.1, 0.15) is 20.3 Å². The molecular formula is C11H21N3O5. The summed E-state index contributed by atoms with van der Waals surface area (Å²) in [7, 11) is 0. The summed E-state index contributed by atoms with van der Waals surface area (Å²) in [6, 6.07) is -0.628. The Hall–Kier alpha value is -1.83. The lowest BCUT2D eigenvalue weighted by Gasteiger charge is -2.10. The van der Waals surface area contributed by atoms with Crippen molar-refractivity contribution in [1.82, 2.24) is 16.0 Å². The lowest BCUT2D eigenvalue weighted by Crippen LogP contribution is -2.43. The van der Waals surface area contributed by atoms with Crippen molar-refractivity contribution >= 4 is 17.9 Å². The summed E-state index contributed by atoms with van der Waals surface area (Å²) in [5.41, 5.74) is 0. The Labute approximate surface area is 111 Å². The van der Waals surface area contributed by atoms with Crippen molar-refractivity contribution in [3.63, 3.8) is 0 Å². The summed E-state index contributed by atoms with van der Waals surface area (Å²) >= 11 is 0. The molecule has 0 aromatic heterocycles. The predicted octanol–water partition coefficient (Wildman–Crippen LogP) is -1.11. The molecule has 0 radical (unpaired) electrons. The van der Waals surface area contributed by atoms with Gasteiger partial charge in [-0.2, -0.15) is 0 Å². The standard InChI is InChI=1S/C11H21N3O5/c1-7(2)5-13-9(16)3-4-12-11(19)14-6-8(15)10(17)18/h7-8,15H,3-6H2,1-2H3,(H,13,16)(H,17,18)(H2,12,14,19)/t8-/m0/s1. The van der Waals surface area contributed by atoms with Crippen LogP contribution in [-0.4, -0.2) is 53.9 Å². The molecule has 0 aliphatic rings. The summed E-state index contributed by atoms with van der Waals surface area (Å²) in [6.07, 6.45) is -1.50. The number of carbonyl (C=O) groups excluding carboxylic acids is 2. The maximum absolute atomic E-state index is 11.3. The average Bonchev–Trinajstić information content (AvgIpc) is 2.33. The Balaban J connectivity index is 3.63. The second-order valence-electron chi connectivity index (χ2n) is 4.44. The van der Waals surface area contributed by atoms with Gasteiger partial charge in [-0.25, -0.2) is 9.59 Å². The third-order valence-corrected chi connectivity index (χ3v) is 2.09. The van der Waals surface area contributed by atoms with Crippen LogP contribution in [-0.2, 0) is 9.59 Å². The van der Waals surface area contributed by atoms with E-state index in [-0.39, 0.29) is 25.4 Å². The van der Waals surface area contributed by atoms with E-state index in [4.69, 9.17) is 10.2 Å². The minimum atomic E-state index is -1.64. The molecule has 0 bridgehead atoms. The normalized spacial score (nSPS) is 11.8. The van der Waals surface area contributed by atoms with Gasteiger partial charge < -0.3 is 26.2 Å². The van der Waals surface area contributed by atoms with Gasteiger partial charge in [-0.3, -0.25) is 4.79 Å². The Morgan fingerprint density at radius 3 is 2.21 bits per heavy atom. The molecule has 8 nitrogen and oxygen atoms in total. The fourth-order valence-corrected chi connectivity index (χ4v) is 1.04. The van der Waals surface area contributed by atoms with Crippen molar-refractivity contribution in [1.29, 1.82) is 0 Å². The highest BCUT2D eigenvalue weighted by Gasteiger charge is 2.13. The maximum atomic E-state index is 11.3. The summed E-state index contributed by atoms with van der Waals surface area (Å²) in [5, 5.41) is 24.5. The number of hydrogen-bond donors (Lipinski definition) is 5. The number of carboxylic acid groups (broad SMARTS) is 1. The molecule has 0 heterocycles. The van der Waals surface area contributed by atoms with E-state index in [1.807, 2.05) is 13.8 Å². The molecule has 19 heavy (non-hydrogen) atoms. The number of rotatable bonds is 8. The molecule has 0 aromatic carbocycles. The van der Waals surface area contributed by atoms with Gasteiger partial charge in [-0.15, -0.1) is 0 Å². The third-order valence-electron chi connectivity index (χ3n) is 2.09. The van der Waals surface area contributed by atoms with Crippen LogP contribution in [0, 0.1) is 5.92 Å². The number of hydrogen-bond acceptors (Lipinski definition) is 4. The van der Waals surface area contributed by atoms with E-state index in [1.54, 1.807) is 0 Å². The maximum Gasteiger partial charge on any atom is 0.334 e. The first-order chi connectivity index (χ1) is 8.82. The van der Waals surface area contributed by atoms with Crippen LogP contribution in [0.3, 0.4) is 0 Å². The number of aliphatic hydroxyl groups is 1. The van der Waals surface area contributed by atoms with Gasteiger partial charge in [0.1, 0.15) is 0 Å². The molecule has 0 saturated carbocycles. The first-order valence-corrected chi connectivity index (χ1v) is 6.02. The van der Waals surface area contributed by atoms with E-state index >= 15 is 0 Å². The molecule has 0 aliphatic carbocycles. The second-order valence-corrected chi connectivity index (χ2v) is 4.44. The quantitative estimate of drug-likeness (QED) is 0.384. The largest absolute Gasteiger partial charge is 0.479 e. The number of amides is 3. The molecule has 0 saturated heterocycles. The third kappa shape index (κ3) is 9.83. The van der Waals surface area contributed by atoms with E-state index < -0.39 is 18.1 Å². The minimum absolute atomic E-state index is 0.138. The average molecular weight is 275 g/mol. The molecular weight excluding hydrogens is 254 g/mol. The summed E-state index contributed by atoms with van der Waals surface area (Å²) in [6.45, 7) is 4.27. The molecule has 0 unspecified atom stereocenters. The number of aliphatic hydroxyl groups excluding tert-OH is 1. The SMILES string of the molecule is CC(C)CNC(=O)CCNC(=O)NC[C@H](O)C(=O)O. The summed E-state index contributed by atoms with van der Waals surface area (Å²) in [4.78, 5) is 32.7. The van der Waals surface area contributed by atoms with Crippen LogP contribution in [0.5, 0.6) is 0 Å². The van der Waals surface area contributed by atoms with Gasteiger partial charge in [0.05, 0.1) is 6.54 Å². The highest BCUT2D eigenvalue weighted by molar-refractivity contribution is 5.78. The van der Waals surface area contributed by atoms with E-state index in [9.17, 15) is 14.4 Å². The van der Waals surface area contributed by atoms with Crippen LogP contribution in [0.25, 0.3) is 0 Å². The monoisotopic (exact) mass is 275 g/mol. The van der Waals surface area contributed by atoms with Crippen LogP contribution >= 0.6 is 0 Å². The molecule has 5 N–H and O–H groups in total. The van der Waals surface area contributed by atoms with E-state index in [1.165, 1.54) is 0 Å². The number of aliphatic carboxylic acids is 1. The number of carboxylic acids is 1. The van der Waals surface area contributed by atoms with E-state index in [0.717, 1.165) is 0 Å². The van der Waals surface area contributed by atoms with Gasteiger partial charge in [0.25, 0.3) is 0 Å². The first kappa shape index (κ1) is 17.2. The smallest absolute Gasteiger partial charge is 0.334 e. The van der Waals surface area contributed by atoms with Crippen molar-refractivity contribution in [2.24, 2.45) is 5.92 Å². The van der Waals surface area contributed by atoms with Crippen molar-refractivity contribution < 1.29 is 24.6 Å². The van der Waals surface area contributed by atoms with Crippen LogP contribution in [0.4, 0.5) is 4.79 Å². The van der Waals surface area contributed by atoms with Gasteiger partial charge in [-0.05, 0) is 5.92 Å². The molecule has 1 atom stereocenters. The Morgan fingerprint density at radius 2 is 1.68 bits per heavy atom. The zero-order valence-electron chi connectivity index (χ0n) is 11.1. The van der Waals surface area contributed by atoms with Crippen LogP contribution in [0.15, 0.2) is 0 Å². The molecule has 0 spiro atoms. The van der Waals surface area contributed by atoms with Gasteiger partial charge in [0, 0.05) is 19.5 Å². The van der Waals surface area contributed by atoms with Gasteiger partial charge in [0.15, 0.2) is 6.10 Å². The topological polar surface area (TPSA) is 128 Å². The van der Waals surface area contributed by atoms with Crippen molar-refractivity contribution in [2.75, 3.05) is 19.6 Å². The Bertz CT molecular complexity index is 319. The minimum Gasteiger partial charge on any atom is -0.479 e. The highest BCUT2D eigenvalue weighted by atomic mass is 16.4. The fourth-order valence-electron chi connectivity index (χ4n) is 1.04. The van der Waals surface area contributed by atoms with Gasteiger partial charge >= 0.3 is 12.0 Å². The van der Waals surface area contributed by atoms with Crippen molar-refractivity contribution in [3.8, 4) is 0 Å². The molecule has 0 fully saturated rings. The molecule has 0 rings (SSSR count). The lowest BCUT2D eigenvalue weighted by atomic mass is 10.2. The molecule has 0 aliphatic heterocycles. The zero-order chi connectivity index (χ0) is 14.8.